The summed E-state index contributed by atoms with van der Waals surface area (Å²) >= 11 is 0. The molecule has 1 aromatic rings. The van der Waals surface area contributed by atoms with Crippen LogP contribution in [0, 0.1) is 0 Å². The largest absolute Gasteiger partial charge is 0.490 e. The normalized spacial score (nSPS) is 18.7. The molecule has 1 fully saturated rings. The van der Waals surface area contributed by atoms with Gasteiger partial charge in [0.05, 0.1) is 32.5 Å². The lowest BCUT2D eigenvalue weighted by molar-refractivity contribution is 0.0643. The highest BCUT2D eigenvalue weighted by atomic mass is 16.5. The van der Waals surface area contributed by atoms with E-state index in [1.807, 2.05) is 18.2 Å². The minimum Gasteiger partial charge on any atom is -0.490 e. The van der Waals surface area contributed by atoms with Crippen molar-refractivity contribution in [3.63, 3.8) is 0 Å². The number of nitrogens with two attached hydrogens (primary N) is 1. The number of hydrogen-bond acceptors (Lipinski definition) is 4. The number of aliphatic imine (C=N–C) groups is 1. The maximum atomic E-state index is 5.92. The van der Waals surface area contributed by atoms with Crippen molar-refractivity contribution in [2.75, 3.05) is 31.7 Å². The Morgan fingerprint density at radius 1 is 1.17 bits per heavy atom. The van der Waals surface area contributed by atoms with Crippen LogP contribution in [0.15, 0.2) is 23.2 Å². The van der Waals surface area contributed by atoms with Crippen molar-refractivity contribution in [2.24, 2.45) is 10.7 Å². The average Bonchev–Trinajstić information content (AvgIpc) is 2.96. The second kappa shape index (κ2) is 8.06. The quantitative estimate of drug-likeness (QED) is 0.495. The highest BCUT2D eigenvalue weighted by Crippen LogP contribution is 2.32. The lowest BCUT2D eigenvalue weighted by Crippen LogP contribution is -2.23. The Morgan fingerprint density at radius 2 is 1.96 bits per heavy atom. The molecule has 2 aliphatic rings. The first kappa shape index (κ1) is 15.9. The second-order valence-electron chi connectivity index (χ2n) is 5.88. The molecule has 6 nitrogen and oxygen atoms in total. The van der Waals surface area contributed by atoms with E-state index in [-0.39, 0.29) is 0 Å². The van der Waals surface area contributed by atoms with E-state index in [9.17, 15) is 0 Å². The molecule has 0 saturated heterocycles. The van der Waals surface area contributed by atoms with Crippen LogP contribution in [-0.2, 0) is 4.74 Å². The van der Waals surface area contributed by atoms with Crippen molar-refractivity contribution < 1.29 is 14.2 Å². The summed E-state index contributed by atoms with van der Waals surface area (Å²) in [5.41, 5.74) is 6.76. The highest BCUT2D eigenvalue weighted by molar-refractivity contribution is 5.92. The fraction of sp³-hybridized carbons (Fsp3) is 0.588. The number of ether oxygens (including phenoxy) is 3. The zero-order valence-corrected chi connectivity index (χ0v) is 13.4. The van der Waals surface area contributed by atoms with Gasteiger partial charge in [0.25, 0.3) is 0 Å². The number of rotatable bonds is 5. The van der Waals surface area contributed by atoms with E-state index in [0.717, 1.165) is 23.6 Å². The van der Waals surface area contributed by atoms with Gasteiger partial charge < -0.3 is 25.3 Å². The molecule has 126 valence electrons. The fourth-order valence-corrected chi connectivity index (χ4v) is 2.87. The molecule has 6 heteroatoms. The summed E-state index contributed by atoms with van der Waals surface area (Å²) < 4.78 is 17.0. The highest BCUT2D eigenvalue weighted by Gasteiger charge is 2.14. The number of hydrogen-bond donors (Lipinski definition) is 2. The summed E-state index contributed by atoms with van der Waals surface area (Å²) in [6.07, 6.45) is 6.22. The van der Waals surface area contributed by atoms with Gasteiger partial charge in [-0.25, -0.2) is 0 Å². The minimum absolute atomic E-state index is 0.384. The maximum Gasteiger partial charge on any atom is 0.193 e. The van der Waals surface area contributed by atoms with Gasteiger partial charge in [0.15, 0.2) is 17.5 Å². The molecular formula is C17H25N3O3. The zero-order valence-electron chi connectivity index (χ0n) is 13.4. The van der Waals surface area contributed by atoms with Crippen LogP contribution in [0.3, 0.4) is 0 Å². The second-order valence-corrected chi connectivity index (χ2v) is 5.88. The number of benzene rings is 1. The minimum atomic E-state index is 0.384. The van der Waals surface area contributed by atoms with Crippen molar-refractivity contribution in [3.8, 4) is 11.5 Å². The molecule has 1 heterocycles. The lowest BCUT2D eigenvalue weighted by Gasteiger charge is -2.11. The molecule has 3 N–H and O–H groups in total. The van der Waals surface area contributed by atoms with Gasteiger partial charge in [-0.1, -0.05) is 12.8 Å². The van der Waals surface area contributed by atoms with Gasteiger partial charge in [-0.3, -0.25) is 4.99 Å². The van der Waals surface area contributed by atoms with Gasteiger partial charge in [0.2, 0.25) is 0 Å². The SMILES string of the molecule is NC(=NCCOC1CCCC1)Nc1ccc2c(c1)OCCCO2. The van der Waals surface area contributed by atoms with Crippen LogP contribution in [0.25, 0.3) is 0 Å². The average molecular weight is 319 g/mol. The standard InChI is InChI=1S/C17H25N3O3/c18-17(19-8-11-21-14-4-1-2-5-14)20-13-6-7-15-16(12-13)23-10-3-9-22-15/h6-7,12,14H,1-5,8-11H2,(H3,18,19,20). The molecule has 1 aliphatic heterocycles. The van der Waals surface area contributed by atoms with Gasteiger partial charge in [-0.05, 0) is 25.0 Å². The van der Waals surface area contributed by atoms with Gasteiger partial charge in [-0.2, -0.15) is 0 Å². The first-order valence-corrected chi connectivity index (χ1v) is 8.39. The summed E-state index contributed by atoms with van der Waals surface area (Å²) in [7, 11) is 0. The van der Waals surface area contributed by atoms with E-state index in [1.54, 1.807) is 0 Å². The Kier molecular flexibility index (Phi) is 5.58. The van der Waals surface area contributed by atoms with E-state index in [1.165, 1.54) is 25.7 Å². The van der Waals surface area contributed by atoms with Crippen molar-refractivity contribution >= 4 is 11.6 Å². The summed E-state index contributed by atoms with van der Waals surface area (Å²) in [5, 5.41) is 3.08. The molecule has 1 saturated carbocycles. The zero-order chi connectivity index (χ0) is 15.9. The number of guanidine groups is 1. The molecule has 0 unspecified atom stereocenters. The van der Waals surface area contributed by atoms with Gasteiger partial charge in [0, 0.05) is 18.2 Å². The monoisotopic (exact) mass is 319 g/mol. The maximum absolute atomic E-state index is 5.92. The van der Waals surface area contributed by atoms with E-state index in [4.69, 9.17) is 19.9 Å². The number of nitrogens with zero attached hydrogens (tertiary/aromatic N) is 1. The summed E-state index contributed by atoms with van der Waals surface area (Å²) in [5.74, 6) is 1.90. The van der Waals surface area contributed by atoms with Gasteiger partial charge >= 0.3 is 0 Å². The predicted molar refractivity (Wildman–Crippen MR) is 90.4 cm³/mol. The van der Waals surface area contributed by atoms with Crippen molar-refractivity contribution in [1.29, 1.82) is 0 Å². The lowest BCUT2D eigenvalue weighted by atomic mass is 10.3. The molecule has 0 radical (unpaired) electrons. The Morgan fingerprint density at radius 3 is 2.78 bits per heavy atom. The third-order valence-electron chi connectivity index (χ3n) is 4.05. The third kappa shape index (κ3) is 4.76. The Balaban J connectivity index is 1.47. The van der Waals surface area contributed by atoms with Crippen molar-refractivity contribution in [3.05, 3.63) is 18.2 Å². The first-order valence-electron chi connectivity index (χ1n) is 8.39. The molecule has 3 rings (SSSR count). The van der Waals surface area contributed by atoms with E-state index in [0.29, 0.717) is 38.4 Å². The number of nitrogens with one attached hydrogen (secondary N) is 1. The van der Waals surface area contributed by atoms with Crippen molar-refractivity contribution in [2.45, 2.75) is 38.2 Å². The molecule has 0 spiro atoms. The van der Waals surface area contributed by atoms with Crippen LogP contribution in [0.4, 0.5) is 5.69 Å². The van der Waals surface area contributed by atoms with Gasteiger partial charge in [0.1, 0.15) is 0 Å². The predicted octanol–water partition coefficient (Wildman–Crippen LogP) is 2.53. The van der Waals surface area contributed by atoms with Gasteiger partial charge in [-0.15, -0.1) is 0 Å². The molecule has 0 bridgehead atoms. The van der Waals surface area contributed by atoms with E-state index >= 15 is 0 Å². The third-order valence-corrected chi connectivity index (χ3v) is 4.05. The fourth-order valence-electron chi connectivity index (χ4n) is 2.87. The Labute approximate surface area is 137 Å². The molecule has 23 heavy (non-hydrogen) atoms. The molecule has 1 aromatic carbocycles. The summed E-state index contributed by atoms with van der Waals surface area (Å²) in [4.78, 5) is 4.30. The summed E-state index contributed by atoms with van der Waals surface area (Å²) in [6, 6.07) is 5.68. The molecule has 1 aliphatic carbocycles. The summed E-state index contributed by atoms with van der Waals surface area (Å²) in [6.45, 7) is 2.54. The Hall–Kier alpha value is -1.95. The molecular weight excluding hydrogens is 294 g/mol. The van der Waals surface area contributed by atoms with Crippen LogP contribution < -0.4 is 20.5 Å². The molecule has 0 aromatic heterocycles. The van der Waals surface area contributed by atoms with Crippen molar-refractivity contribution in [1.82, 2.24) is 0 Å². The van der Waals surface area contributed by atoms with Crippen LogP contribution in [0.5, 0.6) is 11.5 Å². The van der Waals surface area contributed by atoms with E-state index < -0.39 is 0 Å². The topological polar surface area (TPSA) is 78.1 Å². The first-order chi connectivity index (χ1) is 11.3. The van der Waals surface area contributed by atoms with Crippen LogP contribution in [0.2, 0.25) is 0 Å². The van der Waals surface area contributed by atoms with Crippen LogP contribution >= 0.6 is 0 Å². The number of anilines is 1. The molecule has 0 atom stereocenters. The number of fused-ring (bicyclic) bond motifs is 1. The van der Waals surface area contributed by atoms with E-state index in [2.05, 4.69) is 10.3 Å². The molecule has 0 amide bonds. The Bertz CT molecular complexity index is 542. The van der Waals surface area contributed by atoms with Crippen LogP contribution in [-0.4, -0.2) is 38.4 Å². The smallest absolute Gasteiger partial charge is 0.193 e. The van der Waals surface area contributed by atoms with Crippen LogP contribution in [0.1, 0.15) is 32.1 Å².